The first-order valence-electron chi connectivity index (χ1n) is 10.9. The molecule has 4 aromatic heterocycles. The number of rotatable bonds is 4. The lowest BCUT2D eigenvalue weighted by atomic mass is 10.1. The van der Waals surface area contributed by atoms with Gasteiger partial charge in [0.1, 0.15) is 11.3 Å². The van der Waals surface area contributed by atoms with Crippen molar-refractivity contribution in [2.24, 2.45) is 0 Å². The molecule has 1 N–H and O–H groups in total. The Hall–Kier alpha value is -3.30. The van der Waals surface area contributed by atoms with Crippen LogP contribution < -0.4 is 10.5 Å². The molecule has 1 aliphatic rings. The van der Waals surface area contributed by atoms with Crippen molar-refractivity contribution in [3.63, 3.8) is 0 Å². The van der Waals surface area contributed by atoms with Crippen LogP contribution in [0.4, 0.5) is 5.69 Å². The molecule has 0 aliphatic carbocycles. The van der Waals surface area contributed by atoms with E-state index in [1.807, 2.05) is 44.4 Å². The number of pyridine rings is 1. The Bertz CT molecular complexity index is 1360. The van der Waals surface area contributed by atoms with E-state index in [1.54, 1.807) is 8.92 Å². The van der Waals surface area contributed by atoms with E-state index in [-0.39, 0.29) is 12.2 Å². The third-order valence-electron chi connectivity index (χ3n) is 6.18. The number of nitrogens with zero attached hydrogens (tertiary/aromatic N) is 7. The van der Waals surface area contributed by atoms with Gasteiger partial charge in [0.2, 0.25) is 0 Å². The molecule has 1 aliphatic heterocycles. The van der Waals surface area contributed by atoms with Crippen LogP contribution in [-0.4, -0.2) is 72.8 Å². The van der Waals surface area contributed by atoms with E-state index < -0.39 is 0 Å². The summed E-state index contributed by atoms with van der Waals surface area (Å²) >= 11 is 0. The zero-order valence-electron chi connectivity index (χ0n) is 18.6. The van der Waals surface area contributed by atoms with Crippen molar-refractivity contribution in [2.75, 3.05) is 37.7 Å². The molecule has 5 heterocycles. The lowest BCUT2D eigenvalue weighted by molar-refractivity contribution is 0.146. The Morgan fingerprint density at radius 3 is 2.72 bits per heavy atom. The van der Waals surface area contributed by atoms with Crippen molar-refractivity contribution in [1.82, 2.24) is 28.9 Å². The highest BCUT2D eigenvalue weighted by molar-refractivity contribution is 5.66. The minimum atomic E-state index is -0.137. The largest absolute Gasteiger partial charge is 0.395 e. The maximum absolute atomic E-state index is 13.0. The number of anilines is 1. The minimum Gasteiger partial charge on any atom is -0.395 e. The van der Waals surface area contributed by atoms with E-state index in [1.165, 1.54) is 6.07 Å². The number of aliphatic hydroxyl groups excluding tert-OH is 1. The Morgan fingerprint density at radius 2 is 1.94 bits per heavy atom. The summed E-state index contributed by atoms with van der Waals surface area (Å²) in [5.74, 6) is 0. The van der Waals surface area contributed by atoms with Gasteiger partial charge in [-0.3, -0.25) is 19.1 Å². The molecule has 32 heavy (non-hydrogen) atoms. The highest BCUT2D eigenvalue weighted by Gasteiger charge is 2.23. The third-order valence-corrected chi connectivity index (χ3v) is 6.18. The quantitative estimate of drug-likeness (QED) is 0.522. The molecule has 1 saturated heterocycles. The molecule has 0 radical (unpaired) electrons. The summed E-state index contributed by atoms with van der Waals surface area (Å²) in [5.41, 5.74) is 5.32. The number of fused-ring (bicyclic) bond motifs is 2. The Labute approximate surface area is 185 Å². The normalized spacial score (nSPS) is 17.5. The summed E-state index contributed by atoms with van der Waals surface area (Å²) in [6, 6.07) is 7.69. The molecule has 0 amide bonds. The maximum Gasteiger partial charge on any atom is 0.258 e. The number of hydrogen-bond acceptors (Lipinski definition) is 7. The molecule has 1 fully saturated rings. The molecule has 0 spiro atoms. The summed E-state index contributed by atoms with van der Waals surface area (Å²) in [5, 5.41) is 13.8. The number of hydrogen-bond donors (Lipinski definition) is 1. The van der Waals surface area contributed by atoms with Crippen LogP contribution in [0, 0.1) is 13.8 Å². The molecule has 9 nitrogen and oxygen atoms in total. The van der Waals surface area contributed by atoms with Crippen molar-refractivity contribution in [2.45, 2.75) is 26.8 Å². The van der Waals surface area contributed by atoms with Crippen molar-refractivity contribution in [1.29, 1.82) is 0 Å². The molecule has 166 valence electrons. The zero-order valence-corrected chi connectivity index (χ0v) is 18.6. The fourth-order valence-corrected chi connectivity index (χ4v) is 4.52. The topological polar surface area (TPSA) is 91.3 Å². The number of aromatic nitrogens is 5. The van der Waals surface area contributed by atoms with E-state index >= 15 is 0 Å². The van der Waals surface area contributed by atoms with Gasteiger partial charge < -0.3 is 10.0 Å². The van der Waals surface area contributed by atoms with Crippen LogP contribution in [-0.2, 0) is 0 Å². The average Bonchev–Trinajstić information content (AvgIpc) is 3.19. The first-order chi connectivity index (χ1) is 15.4. The Morgan fingerprint density at radius 1 is 1.09 bits per heavy atom. The van der Waals surface area contributed by atoms with Crippen molar-refractivity contribution in [3.05, 3.63) is 58.4 Å². The molecule has 0 bridgehead atoms. The zero-order chi connectivity index (χ0) is 22.4. The number of β-amino-alcohol motifs (C(OH)–C–C–N with tert-alkyl or cyclic N) is 1. The second kappa shape index (κ2) is 7.99. The van der Waals surface area contributed by atoms with E-state index in [0.29, 0.717) is 29.6 Å². The van der Waals surface area contributed by atoms with Crippen LogP contribution in [0.15, 0.2) is 41.5 Å². The fourth-order valence-electron chi connectivity index (χ4n) is 4.52. The van der Waals surface area contributed by atoms with Gasteiger partial charge in [0.25, 0.3) is 5.56 Å². The van der Waals surface area contributed by atoms with E-state index in [2.05, 4.69) is 26.8 Å². The van der Waals surface area contributed by atoms with Crippen LogP contribution in [0.5, 0.6) is 0 Å². The molecule has 9 heteroatoms. The Kier molecular flexibility index (Phi) is 5.15. The predicted octanol–water partition coefficient (Wildman–Crippen LogP) is 1.52. The third kappa shape index (κ3) is 3.63. The van der Waals surface area contributed by atoms with Gasteiger partial charge in [0.15, 0.2) is 0 Å². The van der Waals surface area contributed by atoms with Gasteiger partial charge in [-0.05, 0) is 39.0 Å². The molecule has 0 saturated carbocycles. The van der Waals surface area contributed by atoms with Crippen molar-refractivity contribution >= 4 is 16.9 Å². The molecule has 1 atom stereocenters. The number of aliphatic hydroxyl groups is 1. The second-order valence-corrected chi connectivity index (χ2v) is 8.48. The summed E-state index contributed by atoms with van der Waals surface area (Å²) in [6.07, 6.45) is 3.73. The van der Waals surface area contributed by atoms with Crippen LogP contribution in [0.3, 0.4) is 0 Å². The standard InChI is InChI=1S/C23H27N7O2/c1-15-12-30-21(17(3)24-15)10-20(26-30)19-11-23(32)29-14-18(4-5-22(29)25-19)28-7-6-27(8-9-31)16(2)13-28/h4-5,10-12,14,16,31H,6-9,13H2,1-3H3. The molecule has 4 aromatic rings. The molecular formula is C23H27N7O2. The minimum absolute atomic E-state index is 0.137. The van der Waals surface area contributed by atoms with E-state index in [9.17, 15) is 9.90 Å². The second-order valence-electron chi connectivity index (χ2n) is 8.48. The summed E-state index contributed by atoms with van der Waals surface area (Å²) in [6.45, 7) is 9.48. The smallest absolute Gasteiger partial charge is 0.258 e. The molecule has 5 rings (SSSR count). The van der Waals surface area contributed by atoms with Gasteiger partial charge in [0, 0.05) is 44.5 Å². The van der Waals surface area contributed by atoms with Gasteiger partial charge in [-0.25, -0.2) is 9.50 Å². The van der Waals surface area contributed by atoms with E-state index in [0.717, 1.165) is 42.2 Å². The molecule has 0 aromatic carbocycles. The summed E-state index contributed by atoms with van der Waals surface area (Å²) < 4.78 is 3.38. The van der Waals surface area contributed by atoms with Gasteiger partial charge in [-0.15, -0.1) is 0 Å². The first-order valence-corrected chi connectivity index (χ1v) is 10.9. The monoisotopic (exact) mass is 433 g/mol. The highest BCUT2D eigenvalue weighted by atomic mass is 16.3. The van der Waals surface area contributed by atoms with Crippen LogP contribution in [0.2, 0.25) is 0 Å². The van der Waals surface area contributed by atoms with Crippen LogP contribution in [0.25, 0.3) is 22.6 Å². The van der Waals surface area contributed by atoms with Crippen molar-refractivity contribution in [3.8, 4) is 11.4 Å². The van der Waals surface area contributed by atoms with Gasteiger partial charge in [0.05, 0.1) is 41.1 Å². The first kappa shape index (κ1) is 20.6. The Balaban J connectivity index is 1.48. The maximum atomic E-state index is 13.0. The lowest BCUT2D eigenvalue weighted by Crippen LogP contribution is -2.52. The van der Waals surface area contributed by atoms with Crippen molar-refractivity contribution < 1.29 is 5.11 Å². The predicted molar refractivity (Wildman–Crippen MR) is 123 cm³/mol. The van der Waals surface area contributed by atoms with Gasteiger partial charge >= 0.3 is 0 Å². The van der Waals surface area contributed by atoms with Crippen LogP contribution >= 0.6 is 0 Å². The number of piperazine rings is 1. The van der Waals surface area contributed by atoms with Gasteiger partial charge in [-0.1, -0.05) is 0 Å². The molecular weight excluding hydrogens is 406 g/mol. The fraction of sp³-hybridized carbons (Fsp3) is 0.391. The average molecular weight is 434 g/mol. The van der Waals surface area contributed by atoms with Gasteiger partial charge in [-0.2, -0.15) is 5.10 Å². The van der Waals surface area contributed by atoms with Crippen LogP contribution in [0.1, 0.15) is 18.3 Å². The highest BCUT2D eigenvalue weighted by Crippen LogP contribution is 2.22. The summed E-state index contributed by atoms with van der Waals surface area (Å²) in [7, 11) is 0. The summed E-state index contributed by atoms with van der Waals surface area (Å²) in [4.78, 5) is 26.7. The molecule has 1 unspecified atom stereocenters. The number of aryl methyl sites for hydroxylation is 2. The lowest BCUT2D eigenvalue weighted by Gasteiger charge is -2.40. The van der Waals surface area contributed by atoms with E-state index in [4.69, 9.17) is 4.98 Å². The SMILES string of the molecule is Cc1cn2nc(-c3cc(=O)n4cc(N5CCN(CCO)C(C)C5)ccc4n3)cc2c(C)n1.